The number of rotatable bonds is 8. The number of methoxy groups -OCH3 is 1. The van der Waals surface area contributed by atoms with Crippen LogP contribution >= 0.6 is 39.1 Å². The molecule has 0 atom stereocenters. The highest BCUT2D eigenvalue weighted by molar-refractivity contribution is 9.10. The highest BCUT2D eigenvalue weighted by atomic mass is 79.9. The molecule has 0 aliphatic carbocycles. The monoisotopic (exact) mass is 577 g/mol. The summed E-state index contributed by atoms with van der Waals surface area (Å²) in [5.41, 5.74) is 3.53. The van der Waals surface area contributed by atoms with Crippen molar-refractivity contribution < 1.29 is 23.9 Å². The molecule has 0 aromatic heterocycles. The standard InChI is InChI=1S/C24H18BrCl2N3O5/c1-34-21-9-14(5-8-20(21)35-24(33)16-6-7-18(26)19(27)11-16)12-29-30-22(31)13-28-23(32)15-3-2-4-17(25)10-15/h2-12H,13H2,1H3,(H,28,32)(H,30,31)/b29-12-. The van der Waals surface area contributed by atoms with Gasteiger partial charge in [-0.05, 0) is 60.2 Å². The van der Waals surface area contributed by atoms with Crippen molar-refractivity contribution in [3.8, 4) is 11.5 Å². The first-order valence-electron chi connectivity index (χ1n) is 9.97. The van der Waals surface area contributed by atoms with E-state index in [1.54, 1.807) is 36.4 Å². The molecule has 2 amide bonds. The van der Waals surface area contributed by atoms with Crippen LogP contribution in [0.2, 0.25) is 10.0 Å². The Labute approximate surface area is 219 Å². The number of esters is 1. The molecule has 0 radical (unpaired) electrons. The summed E-state index contributed by atoms with van der Waals surface area (Å²) in [7, 11) is 1.42. The summed E-state index contributed by atoms with van der Waals surface area (Å²) in [6.45, 7) is -0.254. The van der Waals surface area contributed by atoms with Gasteiger partial charge in [-0.1, -0.05) is 45.2 Å². The number of halogens is 3. The number of hydrazone groups is 1. The molecule has 0 fully saturated rings. The molecule has 0 unspecified atom stereocenters. The number of ether oxygens (including phenoxy) is 2. The van der Waals surface area contributed by atoms with Gasteiger partial charge in [0.1, 0.15) is 0 Å². The first kappa shape index (κ1) is 26.2. The minimum atomic E-state index is -0.638. The van der Waals surface area contributed by atoms with Crippen molar-refractivity contribution in [1.82, 2.24) is 10.7 Å². The van der Waals surface area contributed by atoms with Gasteiger partial charge in [-0.3, -0.25) is 9.59 Å². The van der Waals surface area contributed by atoms with Crippen LogP contribution in [0, 0.1) is 0 Å². The van der Waals surface area contributed by atoms with E-state index in [1.807, 2.05) is 0 Å². The number of benzene rings is 3. The van der Waals surface area contributed by atoms with E-state index < -0.39 is 11.9 Å². The second-order valence-electron chi connectivity index (χ2n) is 6.91. The van der Waals surface area contributed by atoms with Gasteiger partial charge in [0.15, 0.2) is 11.5 Å². The summed E-state index contributed by atoms with van der Waals surface area (Å²) >= 11 is 15.1. The van der Waals surface area contributed by atoms with E-state index in [0.717, 1.165) is 4.47 Å². The number of carbonyl (C=O) groups is 3. The molecule has 3 rings (SSSR count). The van der Waals surface area contributed by atoms with Crippen LogP contribution in [0.3, 0.4) is 0 Å². The molecule has 35 heavy (non-hydrogen) atoms. The summed E-state index contributed by atoms with van der Waals surface area (Å²) in [6.07, 6.45) is 1.38. The van der Waals surface area contributed by atoms with Crippen LogP contribution in [0.5, 0.6) is 11.5 Å². The molecule has 0 saturated carbocycles. The zero-order valence-electron chi connectivity index (χ0n) is 18.2. The molecule has 3 aromatic rings. The van der Waals surface area contributed by atoms with Gasteiger partial charge in [0.05, 0.1) is 35.5 Å². The van der Waals surface area contributed by atoms with Crippen molar-refractivity contribution in [2.24, 2.45) is 5.10 Å². The van der Waals surface area contributed by atoms with Crippen molar-refractivity contribution in [3.05, 3.63) is 91.9 Å². The fourth-order valence-corrected chi connectivity index (χ4v) is 3.44. The highest BCUT2D eigenvalue weighted by Gasteiger charge is 2.14. The Balaban J connectivity index is 1.55. The molecule has 11 heteroatoms. The molecule has 0 aliphatic heterocycles. The molecular weight excluding hydrogens is 561 g/mol. The molecule has 0 saturated heterocycles. The molecule has 2 N–H and O–H groups in total. The van der Waals surface area contributed by atoms with Crippen LogP contribution < -0.4 is 20.2 Å². The molecule has 0 spiro atoms. The molecule has 0 aliphatic rings. The van der Waals surface area contributed by atoms with Crippen molar-refractivity contribution in [1.29, 1.82) is 0 Å². The number of nitrogens with one attached hydrogen (secondary N) is 2. The lowest BCUT2D eigenvalue weighted by molar-refractivity contribution is -0.120. The van der Waals surface area contributed by atoms with Gasteiger partial charge < -0.3 is 14.8 Å². The number of hydrogen-bond donors (Lipinski definition) is 2. The van der Waals surface area contributed by atoms with E-state index in [2.05, 4.69) is 31.8 Å². The van der Waals surface area contributed by atoms with E-state index >= 15 is 0 Å². The Morgan fingerprint density at radius 3 is 2.49 bits per heavy atom. The maximum absolute atomic E-state index is 12.4. The van der Waals surface area contributed by atoms with Gasteiger partial charge in [-0.25, -0.2) is 10.2 Å². The quantitative estimate of drug-likeness (QED) is 0.172. The second kappa shape index (κ2) is 12.3. The first-order valence-corrected chi connectivity index (χ1v) is 11.5. The van der Waals surface area contributed by atoms with Crippen LogP contribution in [-0.2, 0) is 4.79 Å². The van der Waals surface area contributed by atoms with Crippen LogP contribution in [0.25, 0.3) is 0 Å². The number of nitrogens with zero attached hydrogens (tertiary/aromatic N) is 1. The summed E-state index contributed by atoms with van der Waals surface area (Å²) < 4.78 is 11.4. The largest absolute Gasteiger partial charge is 0.493 e. The Morgan fingerprint density at radius 1 is 0.971 bits per heavy atom. The Bertz CT molecular complexity index is 1300. The Morgan fingerprint density at radius 2 is 1.77 bits per heavy atom. The van der Waals surface area contributed by atoms with Gasteiger partial charge >= 0.3 is 5.97 Å². The van der Waals surface area contributed by atoms with Crippen molar-refractivity contribution in [2.75, 3.05) is 13.7 Å². The van der Waals surface area contributed by atoms with Gasteiger partial charge in [-0.2, -0.15) is 5.10 Å². The zero-order chi connectivity index (χ0) is 25.4. The second-order valence-corrected chi connectivity index (χ2v) is 8.64. The summed E-state index contributed by atoms with van der Waals surface area (Å²) in [5, 5.41) is 6.93. The topological polar surface area (TPSA) is 106 Å². The van der Waals surface area contributed by atoms with E-state index in [0.29, 0.717) is 16.1 Å². The molecule has 0 bridgehead atoms. The van der Waals surface area contributed by atoms with Crippen LogP contribution in [0.4, 0.5) is 0 Å². The average molecular weight is 579 g/mol. The third kappa shape index (κ3) is 7.54. The smallest absolute Gasteiger partial charge is 0.343 e. The van der Waals surface area contributed by atoms with Gasteiger partial charge in [-0.15, -0.1) is 0 Å². The fraction of sp³-hybridized carbons (Fsp3) is 0.0833. The van der Waals surface area contributed by atoms with E-state index in [1.165, 1.54) is 37.6 Å². The van der Waals surface area contributed by atoms with Crippen molar-refractivity contribution >= 4 is 63.1 Å². The lowest BCUT2D eigenvalue weighted by Crippen LogP contribution is -2.34. The van der Waals surface area contributed by atoms with Gasteiger partial charge in [0.2, 0.25) is 0 Å². The van der Waals surface area contributed by atoms with Crippen molar-refractivity contribution in [2.45, 2.75) is 0 Å². The van der Waals surface area contributed by atoms with E-state index in [9.17, 15) is 14.4 Å². The zero-order valence-corrected chi connectivity index (χ0v) is 21.3. The SMILES string of the molecule is COc1cc(/C=N\NC(=O)CNC(=O)c2cccc(Br)c2)ccc1OC(=O)c1ccc(Cl)c(Cl)c1. The lowest BCUT2D eigenvalue weighted by atomic mass is 10.2. The molecule has 8 nitrogen and oxygen atoms in total. The molecule has 180 valence electrons. The van der Waals surface area contributed by atoms with E-state index in [-0.39, 0.29) is 34.5 Å². The minimum Gasteiger partial charge on any atom is -0.493 e. The van der Waals surface area contributed by atoms with E-state index in [4.69, 9.17) is 32.7 Å². The molecule has 0 heterocycles. The maximum Gasteiger partial charge on any atom is 0.343 e. The Kier molecular flexibility index (Phi) is 9.25. The summed E-state index contributed by atoms with van der Waals surface area (Å²) in [5.74, 6) is -1.08. The summed E-state index contributed by atoms with van der Waals surface area (Å²) in [6, 6.07) is 15.9. The predicted molar refractivity (Wildman–Crippen MR) is 137 cm³/mol. The minimum absolute atomic E-state index is 0.181. The predicted octanol–water partition coefficient (Wildman–Crippen LogP) is 4.86. The Hall–Kier alpha value is -3.40. The molecule has 3 aromatic carbocycles. The third-order valence-corrected chi connectivity index (χ3v) is 5.68. The highest BCUT2D eigenvalue weighted by Crippen LogP contribution is 2.29. The van der Waals surface area contributed by atoms with Gasteiger partial charge in [0, 0.05) is 10.0 Å². The fourth-order valence-electron chi connectivity index (χ4n) is 2.74. The number of amides is 2. The van der Waals surface area contributed by atoms with Crippen molar-refractivity contribution in [3.63, 3.8) is 0 Å². The average Bonchev–Trinajstić information content (AvgIpc) is 2.84. The number of carbonyl (C=O) groups excluding carboxylic acids is 3. The number of hydrogen-bond acceptors (Lipinski definition) is 6. The first-order chi connectivity index (χ1) is 16.8. The summed E-state index contributed by atoms with van der Waals surface area (Å²) in [4.78, 5) is 36.5. The van der Waals surface area contributed by atoms with Gasteiger partial charge in [0.25, 0.3) is 11.8 Å². The van der Waals surface area contributed by atoms with Crippen LogP contribution in [0.1, 0.15) is 26.3 Å². The van der Waals surface area contributed by atoms with Crippen LogP contribution in [0.15, 0.2) is 70.2 Å². The van der Waals surface area contributed by atoms with Crippen LogP contribution in [-0.4, -0.2) is 37.7 Å². The third-order valence-electron chi connectivity index (χ3n) is 4.44. The normalized spacial score (nSPS) is 10.6. The maximum atomic E-state index is 12.4. The molecular formula is C24H18BrCl2N3O5. The lowest BCUT2D eigenvalue weighted by Gasteiger charge is -2.10.